The number of nitrogens with zero attached hydrogens (tertiary/aromatic N) is 6. The van der Waals surface area contributed by atoms with E-state index < -0.39 is 0 Å². The second kappa shape index (κ2) is 30.7. The minimum absolute atomic E-state index is 0.0336. The van der Waals surface area contributed by atoms with E-state index in [-0.39, 0.29) is 23.9 Å². The zero-order valence-corrected chi connectivity index (χ0v) is 38.7. The molecule has 0 heterocycles. The van der Waals surface area contributed by atoms with Crippen LogP contribution in [-0.4, -0.2) is 37.1 Å². The molecule has 0 spiro atoms. The summed E-state index contributed by atoms with van der Waals surface area (Å²) >= 11 is 0. The molecule has 2 atom stereocenters. The Morgan fingerprint density at radius 1 is 0.439 bits per heavy atom. The smallest absolute Gasteiger partial charge is 0.220 e. The van der Waals surface area contributed by atoms with Crippen molar-refractivity contribution in [2.24, 2.45) is 20.5 Å². The zero-order chi connectivity index (χ0) is 46.3. The van der Waals surface area contributed by atoms with E-state index in [4.69, 9.17) is 20.0 Å². The van der Waals surface area contributed by atoms with Crippen LogP contribution in [0.5, 0.6) is 11.5 Å². The number of rotatable bonds is 30. The highest BCUT2D eigenvalue weighted by atomic mass is 16.5. The Hall–Kier alpha value is -6.40. The maximum Gasteiger partial charge on any atom is 0.220 e. The molecule has 0 radical (unpaired) electrons. The van der Waals surface area contributed by atoms with Gasteiger partial charge in [0.05, 0.1) is 59.2 Å². The van der Waals surface area contributed by atoms with Gasteiger partial charge in [-0.3, -0.25) is 9.59 Å². The summed E-state index contributed by atoms with van der Waals surface area (Å²) in [5.41, 5.74) is 4.08. The average molecular weight is 893 g/mol. The first-order chi connectivity index (χ1) is 32.5. The van der Waals surface area contributed by atoms with Crippen LogP contribution in [0.2, 0.25) is 0 Å². The van der Waals surface area contributed by atoms with Crippen molar-refractivity contribution in [3.8, 4) is 23.6 Å². The highest BCUT2D eigenvalue weighted by Crippen LogP contribution is 2.24. The number of azo groups is 2. The molecule has 0 bridgehead atoms. The summed E-state index contributed by atoms with van der Waals surface area (Å²) in [5.74, 6) is 1.87. The maximum atomic E-state index is 12.8. The summed E-state index contributed by atoms with van der Waals surface area (Å²) < 4.78 is 11.8. The predicted octanol–water partition coefficient (Wildman–Crippen LogP) is 14.3. The fraction of sp³-hybridized carbons (Fsp3) is 0.481. The molecule has 12 heteroatoms. The molecule has 5 rings (SSSR count). The Bertz CT molecular complexity index is 1990. The summed E-state index contributed by atoms with van der Waals surface area (Å²) in [6.45, 7) is 1.37. The van der Waals surface area contributed by atoms with Crippen LogP contribution in [0.4, 0.5) is 22.7 Å². The average Bonchev–Trinajstić information content (AvgIpc) is 3.35. The Labute approximate surface area is 392 Å². The number of amides is 2. The third-order valence-electron chi connectivity index (χ3n) is 11.8. The van der Waals surface area contributed by atoms with Gasteiger partial charge < -0.3 is 20.1 Å². The number of nitriles is 2. The van der Waals surface area contributed by atoms with E-state index in [1.807, 2.05) is 48.5 Å². The molecular formula is C54H68N8O4. The molecule has 1 aliphatic carbocycles. The molecule has 2 amide bonds. The van der Waals surface area contributed by atoms with Crippen molar-refractivity contribution in [1.29, 1.82) is 10.5 Å². The van der Waals surface area contributed by atoms with Crippen LogP contribution < -0.4 is 20.1 Å². The third-order valence-corrected chi connectivity index (χ3v) is 11.8. The van der Waals surface area contributed by atoms with Gasteiger partial charge in [0, 0.05) is 24.9 Å². The first-order valence-corrected chi connectivity index (χ1v) is 24.4. The van der Waals surface area contributed by atoms with Crippen molar-refractivity contribution in [2.75, 3.05) is 13.2 Å². The normalized spacial score (nSPS) is 14.7. The fourth-order valence-corrected chi connectivity index (χ4v) is 7.97. The molecule has 4 aromatic rings. The lowest BCUT2D eigenvalue weighted by Crippen LogP contribution is -2.53. The minimum atomic E-state index is 0.0336. The SMILES string of the molecule is N#Cc1ccc(N=Nc2ccc(OCCCCCCCCCCC(=O)N[C@@H]3CCCC[C@H]3NC(=O)CCCCCCCCCCOc3ccc(N=Nc4ccc(C#N)cc4)cc3)cc2)cc1. The van der Waals surface area contributed by atoms with Gasteiger partial charge in [-0.15, -0.1) is 0 Å². The van der Waals surface area contributed by atoms with Crippen molar-refractivity contribution < 1.29 is 19.1 Å². The number of carbonyl (C=O) groups excluding carboxylic acids is 2. The summed E-state index contributed by atoms with van der Waals surface area (Å²) in [7, 11) is 0. The van der Waals surface area contributed by atoms with Gasteiger partial charge >= 0.3 is 0 Å². The van der Waals surface area contributed by atoms with E-state index >= 15 is 0 Å². The Balaban J connectivity index is 0.792. The summed E-state index contributed by atoms with van der Waals surface area (Å²) in [5, 5.41) is 41.3. The first-order valence-electron chi connectivity index (χ1n) is 24.4. The molecule has 1 fully saturated rings. The van der Waals surface area contributed by atoms with Crippen LogP contribution in [0.1, 0.15) is 152 Å². The Kier molecular flexibility index (Phi) is 23.5. The molecule has 0 aliphatic heterocycles. The number of ether oxygens (including phenoxy) is 2. The molecule has 348 valence electrons. The second-order valence-corrected chi connectivity index (χ2v) is 17.2. The van der Waals surface area contributed by atoms with Crippen molar-refractivity contribution in [3.05, 3.63) is 108 Å². The van der Waals surface area contributed by atoms with E-state index in [1.54, 1.807) is 48.5 Å². The van der Waals surface area contributed by atoms with E-state index in [0.717, 1.165) is 113 Å². The fourth-order valence-electron chi connectivity index (χ4n) is 7.97. The zero-order valence-electron chi connectivity index (χ0n) is 38.7. The van der Waals surface area contributed by atoms with Crippen LogP contribution in [0, 0.1) is 22.7 Å². The molecule has 1 aliphatic rings. The van der Waals surface area contributed by atoms with E-state index in [0.29, 0.717) is 48.6 Å². The molecule has 66 heavy (non-hydrogen) atoms. The van der Waals surface area contributed by atoms with Gasteiger partial charge in [0.1, 0.15) is 11.5 Å². The van der Waals surface area contributed by atoms with Crippen molar-refractivity contribution >= 4 is 34.6 Å². The monoisotopic (exact) mass is 893 g/mol. The molecule has 1 saturated carbocycles. The number of hydrogen-bond acceptors (Lipinski definition) is 10. The molecule has 0 unspecified atom stereocenters. The van der Waals surface area contributed by atoms with E-state index in [2.05, 4.69) is 43.2 Å². The van der Waals surface area contributed by atoms with Gasteiger partial charge in [-0.25, -0.2) is 0 Å². The number of benzene rings is 4. The number of nitrogens with one attached hydrogen (secondary N) is 2. The number of hydrogen-bond donors (Lipinski definition) is 2. The molecule has 0 saturated heterocycles. The lowest BCUT2D eigenvalue weighted by atomic mass is 9.90. The third kappa shape index (κ3) is 20.6. The highest BCUT2D eigenvalue weighted by Gasteiger charge is 2.27. The molecule has 4 aromatic carbocycles. The van der Waals surface area contributed by atoms with Crippen molar-refractivity contribution in [2.45, 2.75) is 153 Å². The van der Waals surface area contributed by atoms with Gasteiger partial charge in [0.25, 0.3) is 0 Å². The topological polar surface area (TPSA) is 174 Å². The summed E-state index contributed by atoms with van der Waals surface area (Å²) in [4.78, 5) is 25.7. The summed E-state index contributed by atoms with van der Waals surface area (Å²) in [6.07, 6.45) is 22.8. The van der Waals surface area contributed by atoms with Crippen LogP contribution in [0.3, 0.4) is 0 Å². The quantitative estimate of drug-likeness (QED) is 0.0389. The van der Waals surface area contributed by atoms with Gasteiger partial charge in [-0.2, -0.15) is 31.0 Å². The minimum Gasteiger partial charge on any atom is -0.494 e. The standard InChI is InChI=1S/C54H68N8O4/c55-41-43-23-27-45(28-24-43)59-61-47-31-35-49(36-32-47)65-39-17-11-7-3-1-5-9-13-21-53(63)57-51-19-15-16-20-52(51)58-54(64)22-14-10-6-2-4-8-12-18-40-66-50-37-33-48(34-38-50)62-60-46-29-25-44(42-56)26-30-46/h23-38,51-52H,1-22,39-40H2,(H,57,63)(H,58,64)/t51-,52-/m1/s1. The van der Waals surface area contributed by atoms with Crippen LogP contribution >= 0.6 is 0 Å². The molecule has 2 N–H and O–H groups in total. The first kappa shape index (κ1) is 50.6. The van der Waals surface area contributed by atoms with Gasteiger partial charge in [0.2, 0.25) is 11.8 Å². The van der Waals surface area contributed by atoms with Crippen molar-refractivity contribution in [3.63, 3.8) is 0 Å². The highest BCUT2D eigenvalue weighted by molar-refractivity contribution is 5.78. The maximum absolute atomic E-state index is 12.8. The largest absolute Gasteiger partial charge is 0.494 e. The summed E-state index contributed by atoms with van der Waals surface area (Å²) in [6, 6.07) is 33.4. The molecule has 12 nitrogen and oxygen atoms in total. The number of unbranched alkanes of at least 4 members (excludes halogenated alkanes) is 14. The van der Waals surface area contributed by atoms with E-state index in [1.165, 1.54) is 38.5 Å². The second-order valence-electron chi connectivity index (χ2n) is 17.2. The van der Waals surface area contributed by atoms with Crippen LogP contribution in [0.25, 0.3) is 0 Å². The van der Waals surface area contributed by atoms with Gasteiger partial charge in [-0.1, -0.05) is 89.9 Å². The van der Waals surface area contributed by atoms with Gasteiger partial charge in [-0.05, 0) is 136 Å². The lowest BCUT2D eigenvalue weighted by Gasteiger charge is -2.33. The van der Waals surface area contributed by atoms with Crippen LogP contribution in [0.15, 0.2) is 118 Å². The van der Waals surface area contributed by atoms with E-state index in [9.17, 15) is 9.59 Å². The van der Waals surface area contributed by atoms with Gasteiger partial charge in [0.15, 0.2) is 0 Å². The van der Waals surface area contributed by atoms with Crippen molar-refractivity contribution in [1.82, 2.24) is 10.6 Å². The lowest BCUT2D eigenvalue weighted by molar-refractivity contribution is -0.125. The van der Waals surface area contributed by atoms with Crippen LogP contribution in [-0.2, 0) is 9.59 Å². The number of carbonyl (C=O) groups is 2. The molecule has 0 aromatic heterocycles. The molecular weight excluding hydrogens is 825 g/mol. The Morgan fingerprint density at radius 2 is 0.727 bits per heavy atom. The Morgan fingerprint density at radius 3 is 1.05 bits per heavy atom. The predicted molar refractivity (Wildman–Crippen MR) is 260 cm³/mol.